The molecular formula is C8H14BrClN4O2S. The first-order chi connectivity index (χ1) is 7.58. The number of hydrogen-bond donors (Lipinski definition) is 1. The van der Waals surface area contributed by atoms with Gasteiger partial charge in [-0.25, -0.2) is 17.8 Å². The van der Waals surface area contributed by atoms with Crippen molar-refractivity contribution < 1.29 is 8.42 Å². The molecule has 98 valence electrons. The number of nitrogens with zero attached hydrogens (tertiary/aromatic N) is 3. The molecule has 1 unspecified atom stereocenters. The van der Waals surface area contributed by atoms with Crippen LogP contribution in [0.4, 0.5) is 0 Å². The molecule has 1 aromatic rings. The first-order valence-electron chi connectivity index (χ1n) is 4.81. The van der Waals surface area contributed by atoms with E-state index in [1.165, 1.54) is 11.7 Å². The van der Waals surface area contributed by atoms with Crippen molar-refractivity contribution in [1.82, 2.24) is 19.7 Å². The lowest BCUT2D eigenvalue weighted by Crippen LogP contribution is -2.49. The van der Waals surface area contributed by atoms with E-state index in [2.05, 4.69) is 31.0 Å². The second-order valence-corrected chi connectivity index (χ2v) is 7.26. The molecular weight excluding hydrogens is 332 g/mol. The van der Waals surface area contributed by atoms with Gasteiger partial charge in [-0.05, 0) is 36.7 Å². The number of alkyl halides is 1. The summed E-state index contributed by atoms with van der Waals surface area (Å²) in [7, 11) is -2.22. The molecule has 0 saturated heterocycles. The van der Waals surface area contributed by atoms with Gasteiger partial charge in [-0.1, -0.05) is 5.21 Å². The molecule has 9 heteroatoms. The summed E-state index contributed by atoms with van der Waals surface area (Å²) >= 11 is 8.99. The van der Waals surface area contributed by atoms with Gasteiger partial charge in [-0.2, -0.15) is 0 Å². The van der Waals surface area contributed by atoms with Gasteiger partial charge in [0.25, 0.3) is 10.0 Å². The lowest BCUT2D eigenvalue weighted by molar-refractivity contribution is 0.441. The van der Waals surface area contributed by atoms with Gasteiger partial charge in [0.15, 0.2) is 4.60 Å². The number of aryl methyl sites for hydroxylation is 1. The van der Waals surface area contributed by atoms with E-state index in [-0.39, 0.29) is 15.0 Å². The summed E-state index contributed by atoms with van der Waals surface area (Å²) in [5, 5.41) is 6.87. The Morgan fingerprint density at radius 1 is 1.53 bits per heavy atom. The van der Waals surface area contributed by atoms with Gasteiger partial charge in [-0.15, -0.1) is 16.7 Å². The zero-order valence-corrected chi connectivity index (χ0v) is 13.1. The Morgan fingerprint density at radius 3 is 2.41 bits per heavy atom. The van der Waals surface area contributed by atoms with Crippen molar-refractivity contribution >= 4 is 37.6 Å². The van der Waals surface area contributed by atoms with E-state index in [9.17, 15) is 8.42 Å². The van der Waals surface area contributed by atoms with Crippen LogP contribution in [0.25, 0.3) is 0 Å². The Balaban J connectivity index is 3.15. The number of aromatic nitrogens is 3. The van der Waals surface area contributed by atoms with Crippen molar-refractivity contribution in [2.75, 3.05) is 0 Å². The summed E-state index contributed by atoms with van der Waals surface area (Å²) in [6.45, 7) is 5.14. The molecule has 0 radical (unpaired) electrons. The van der Waals surface area contributed by atoms with E-state index < -0.39 is 15.6 Å². The number of halogens is 2. The average Bonchev–Trinajstić information content (AvgIpc) is 2.44. The predicted octanol–water partition coefficient (Wildman–Crippen LogP) is 1.26. The molecule has 0 aromatic carbocycles. The number of hydrogen-bond acceptors (Lipinski definition) is 4. The smallest absolute Gasteiger partial charge is 0.235 e. The zero-order chi connectivity index (χ0) is 13.4. The molecule has 0 amide bonds. The highest BCUT2D eigenvalue weighted by molar-refractivity contribution is 9.10. The summed E-state index contributed by atoms with van der Waals surface area (Å²) < 4.78 is 28.2. The van der Waals surface area contributed by atoms with Gasteiger partial charge in [0.05, 0.1) is 0 Å². The van der Waals surface area contributed by atoms with E-state index in [1.54, 1.807) is 20.8 Å². The van der Waals surface area contributed by atoms with Crippen LogP contribution in [-0.2, 0) is 17.1 Å². The molecule has 1 aromatic heterocycles. The maximum absolute atomic E-state index is 12.2. The summed E-state index contributed by atoms with van der Waals surface area (Å²) in [6, 6.07) is 0. The first-order valence-corrected chi connectivity index (χ1v) is 7.52. The molecule has 0 saturated carbocycles. The van der Waals surface area contributed by atoms with Crippen LogP contribution >= 0.6 is 27.5 Å². The van der Waals surface area contributed by atoms with Crippen LogP contribution in [0.5, 0.6) is 0 Å². The average molecular weight is 346 g/mol. The molecule has 0 spiro atoms. The molecule has 6 nitrogen and oxygen atoms in total. The minimum atomic E-state index is -3.72. The SMILES string of the molecule is CC(Cl)C(C)(C)NS(=O)(=O)c1c(Br)nnn1C. The Kier molecular flexibility index (Phi) is 4.23. The quantitative estimate of drug-likeness (QED) is 0.834. The van der Waals surface area contributed by atoms with E-state index in [1.807, 2.05) is 0 Å². The van der Waals surface area contributed by atoms with Gasteiger partial charge in [0.1, 0.15) is 0 Å². The highest BCUT2D eigenvalue weighted by Gasteiger charge is 2.33. The Morgan fingerprint density at radius 2 is 2.06 bits per heavy atom. The fourth-order valence-corrected chi connectivity index (χ4v) is 3.78. The van der Waals surface area contributed by atoms with Crippen molar-refractivity contribution in [2.24, 2.45) is 7.05 Å². The maximum Gasteiger partial charge on any atom is 0.261 e. The highest BCUT2D eigenvalue weighted by atomic mass is 79.9. The minimum Gasteiger partial charge on any atom is -0.235 e. The lowest BCUT2D eigenvalue weighted by Gasteiger charge is -2.28. The molecule has 1 atom stereocenters. The van der Waals surface area contributed by atoms with Crippen molar-refractivity contribution in [1.29, 1.82) is 0 Å². The minimum absolute atomic E-state index is 0.0251. The molecule has 1 rings (SSSR count). The molecule has 1 heterocycles. The van der Waals surface area contributed by atoms with Crippen molar-refractivity contribution in [2.45, 2.75) is 36.7 Å². The molecule has 0 aliphatic carbocycles. The molecule has 0 bridgehead atoms. The largest absolute Gasteiger partial charge is 0.261 e. The second kappa shape index (κ2) is 4.83. The Hall–Kier alpha value is -0.180. The van der Waals surface area contributed by atoms with E-state index in [0.29, 0.717) is 0 Å². The number of nitrogens with one attached hydrogen (secondary N) is 1. The van der Waals surface area contributed by atoms with Crippen LogP contribution < -0.4 is 4.72 Å². The van der Waals surface area contributed by atoms with Crippen LogP contribution in [-0.4, -0.2) is 34.3 Å². The zero-order valence-electron chi connectivity index (χ0n) is 9.90. The molecule has 17 heavy (non-hydrogen) atoms. The Labute approximate surface area is 114 Å². The van der Waals surface area contributed by atoms with Crippen molar-refractivity contribution in [3.8, 4) is 0 Å². The molecule has 0 fully saturated rings. The summed E-state index contributed by atoms with van der Waals surface area (Å²) in [4.78, 5) is 0. The van der Waals surface area contributed by atoms with Crippen LogP contribution in [0, 0.1) is 0 Å². The maximum atomic E-state index is 12.2. The first kappa shape index (κ1) is 14.9. The molecule has 1 N–H and O–H groups in total. The third-order valence-electron chi connectivity index (χ3n) is 2.38. The fraction of sp³-hybridized carbons (Fsp3) is 0.750. The van der Waals surface area contributed by atoms with Crippen LogP contribution in [0.2, 0.25) is 0 Å². The van der Waals surface area contributed by atoms with Crippen LogP contribution in [0.15, 0.2) is 9.63 Å². The van der Waals surface area contributed by atoms with Crippen molar-refractivity contribution in [3.63, 3.8) is 0 Å². The van der Waals surface area contributed by atoms with Gasteiger partial charge < -0.3 is 0 Å². The van der Waals surface area contributed by atoms with Crippen LogP contribution in [0.3, 0.4) is 0 Å². The van der Waals surface area contributed by atoms with Gasteiger partial charge >= 0.3 is 0 Å². The third-order valence-corrected chi connectivity index (χ3v) is 5.49. The second-order valence-electron chi connectivity index (χ2n) is 4.25. The standard InChI is InChI=1S/C8H14BrClN4O2S/c1-5(10)8(2,3)12-17(15,16)7-6(9)11-13-14(7)4/h5,12H,1-4H3. The monoisotopic (exact) mass is 344 g/mol. The van der Waals surface area contributed by atoms with Gasteiger partial charge in [0, 0.05) is 18.0 Å². The van der Waals surface area contributed by atoms with E-state index in [0.717, 1.165) is 0 Å². The van der Waals surface area contributed by atoms with E-state index in [4.69, 9.17) is 11.6 Å². The summed E-state index contributed by atoms with van der Waals surface area (Å²) in [5.74, 6) is 0. The molecule has 0 aliphatic heterocycles. The Bertz CT molecular complexity index is 492. The van der Waals surface area contributed by atoms with E-state index >= 15 is 0 Å². The van der Waals surface area contributed by atoms with Gasteiger partial charge in [-0.3, -0.25) is 0 Å². The number of rotatable bonds is 4. The van der Waals surface area contributed by atoms with Gasteiger partial charge in [0.2, 0.25) is 5.03 Å². The normalized spacial score (nSPS) is 14.9. The topological polar surface area (TPSA) is 76.9 Å². The predicted molar refractivity (Wildman–Crippen MR) is 68.4 cm³/mol. The summed E-state index contributed by atoms with van der Waals surface area (Å²) in [5.41, 5.74) is -0.774. The molecule has 0 aliphatic rings. The summed E-state index contributed by atoms with van der Waals surface area (Å²) in [6.07, 6.45) is 0. The fourth-order valence-electron chi connectivity index (χ4n) is 1.08. The van der Waals surface area contributed by atoms with Crippen LogP contribution in [0.1, 0.15) is 20.8 Å². The number of sulfonamides is 1. The highest BCUT2D eigenvalue weighted by Crippen LogP contribution is 2.22. The lowest BCUT2D eigenvalue weighted by atomic mass is 10.0. The third kappa shape index (κ3) is 3.18. The van der Waals surface area contributed by atoms with Crippen molar-refractivity contribution in [3.05, 3.63) is 4.60 Å².